The van der Waals surface area contributed by atoms with E-state index in [-0.39, 0.29) is 6.61 Å². The highest BCUT2D eigenvalue weighted by Crippen LogP contribution is 2.50. The second-order valence-electron chi connectivity index (χ2n) is 4.88. The maximum atomic E-state index is 13.3. The van der Waals surface area contributed by atoms with Gasteiger partial charge in [-0.2, -0.15) is 30.7 Å². The summed E-state index contributed by atoms with van der Waals surface area (Å²) in [5.41, 5.74) is 0.728. The summed E-state index contributed by atoms with van der Waals surface area (Å²) in [6.45, 7) is 0.601. The number of rotatable bonds is 7. The zero-order valence-electron chi connectivity index (χ0n) is 12.0. The molecule has 0 fully saturated rings. The van der Waals surface area contributed by atoms with Crippen LogP contribution in [0.5, 0.6) is 0 Å². The highest BCUT2D eigenvalue weighted by molar-refractivity contribution is 5.56. The van der Waals surface area contributed by atoms with Crippen LogP contribution in [0, 0.1) is 5.92 Å². The standard InChI is InChI=1S/C14H14F7NO/c1-10(12(15,16)13(17,18)14(19,20)21)7-8-22-23-9-11-5-3-2-4-6-11/h2-6,8,10H,7,9H2,1H3/b22-8+. The van der Waals surface area contributed by atoms with E-state index < -0.39 is 30.4 Å². The van der Waals surface area contributed by atoms with Crippen molar-refractivity contribution < 1.29 is 35.6 Å². The molecule has 0 bridgehead atoms. The predicted octanol–water partition coefficient (Wildman–Crippen LogP) is 5.05. The highest BCUT2D eigenvalue weighted by atomic mass is 19.4. The quantitative estimate of drug-likeness (QED) is 0.385. The van der Waals surface area contributed by atoms with Crippen LogP contribution in [0.1, 0.15) is 18.9 Å². The Morgan fingerprint density at radius 2 is 1.61 bits per heavy atom. The Hall–Kier alpha value is -1.80. The van der Waals surface area contributed by atoms with Crippen molar-refractivity contribution >= 4 is 6.21 Å². The van der Waals surface area contributed by atoms with Crippen molar-refractivity contribution in [2.24, 2.45) is 11.1 Å². The van der Waals surface area contributed by atoms with Crippen LogP contribution in [0.25, 0.3) is 0 Å². The summed E-state index contributed by atoms with van der Waals surface area (Å²) < 4.78 is 88.3. The van der Waals surface area contributed by atoms with Crippen LogP contribution in [0.2, 0.25) is 0 Å². The van der Waals surface area contributed by atoms with Gasteiger partial charge in [-0.25, -0.2) is 0 Å². The van der Waals surface area contributed by atoms with Gasteiger partial charge < -0.3 is 4.84 Å². The lowest BCUT2D eigenvalue weighted by Gasteiger charge is -2.31. The zero-order valence-corrected chi connectivity index (χ0v) is 12.0. The van der Waals surface area contributed by atoms with Gasteiger partial charge in [-0.1, -0.05) is 42.4 Å². The Morgan fingerprint density at radius 1 is 1.04 bits per heavy atom. The van der Waals surface area contributed by atoms with Crippen LogP contribution in [0.4, 0.5) is 30.7 Å². The molecule has 0 radical (unpaired) electrons. The first-order valence-corrected chi connectivity index (χ1v) is 6.50. The van der Waals surface area contributed by atoms with E-state index in [1.807, 2.05) is 0 Å². The van der Waals surface area contributed by atoms with Crippen molar-refractivity contribution in [3.05, 3.63) is 35.9 Å². The minimum absolute atomic E-state index is 0.0147. The van der Waals surface area contributed by atoms with E-state index in [2.05, 4.69) is 5.16 Å². The van der Waals surface area contributed by atoms with Gasteiger partial charge in [0.1, 0.15) is 6.61 Å². The van der Waals surface area contributed by atoms with Crippen LogP contribution >= 0.6 is 0 Å². The third kappa shape index (κ3) is 4.59. The number of hydrogen-bond donors (Lipinski definition) is 0. The summed E-state index contributed by atoms with van der Waals surface area (Å²) in [5.74, 6) is -13.6. The molecule has 0 saturated carbocycles. The van der Waals surface area contributed by atoms with E-state index in [4.69, 9.17) is 4.84 Å². The average Bonchev–Trinajstić information content (AvgIpc) is 2.46. The third-order valence-electron chi connectivity index (χ3n) is 3.08. The van der Waals surface area contributed by atoms with Gasteiger partial charge in [-0.15, -0.1) is 0 Å². The minimum atomic E-state index is -6.33. The molecule has 1 rings (SSSR count). The SMILES string of the molecule is CC(C/C=N/OCc1ccccc1)C(F)(F)C(F)(F)C(F)(F)F. The Balaban J connectivity index is 2.55. The largest absolute Gasteiger partial charge is 0.459 e. The highest BCUT2D eigenvalue weighted by Gasteiger charge is 2.74. The van der Waals surface area contributed by atoms with Crippen LogP contribution < -0.4 is 0 Å². The molecule has 130 valence electrons. The fourth-order valence-electron chi connectivity index (χ4n) is 1.59. The third-order valence-corrected chi connectivity index (χ3v) is 3.08. The Morgan fingerprint density at radius 3 is 2.13 bits per heavy atom. The molecule has 0 heterocycles. The molecule has 1 aromatic rings. The molecule has 1 unspecified atom stereocenters. The molecule has 23 heavy (non-hydrogen) atoms. The van der Waals surface area contributed by atoms with E-state index in [1.54, 1.807) is 30.3 Å². The van der Waals surface area contributed by atoms with Crippen LogP contribution in [-0.4, -0.2) is 24.2 Å². The number of hydrogen-bond acceptors (Lipinski definition) is 2. The molecule has 0 saturated heterocycles. The van der Waals surface area contributed by atoms with E-state index in [0.29, 0.717) is 6.92 Å². The van der Waals surface area contributed by atoms with Gasteiger partial charge in [0.25, 0.3) is 0 Å². The first-order chi connectivity index (χ1) is 10.5. The van der Waals surface area contributed by atoms with Gasteiger partial charge in [0.2, 0.25) is 0 Å². The molecular formula is C14H14F7NO. The molecular weight excluding hydrogens is 331 g/mol. The fourth-order valence-corrected chi connectivity index (χ4v) is 1.59. The van der Waals surface area contributed by atoms with E-state index in [0.717, 1.165) is 11.8 Å². The average molecular weight is 345 g/mol. The van der Waals surface area contributed by atoms with Gasteiger partial charge in [-0.05, 0) is 12.0 Å². The molecule has 0 aliphatic heterocycles. The van der Waals surface area contributed by atoms with E-state index >= 15 is 0 Å². The molecule has 0 aliphatic rings. The Labute approximate surface area is 127 Å². The van der Waals surface area contributed by atoms with Crippen molar-refractivity contribution in [3.63, 3.8) is 0 Å². The minimum Gasteiger partial charge on any atom is -0.391 e. The molecule has 0 spiro atoms. The van der Waals surface area contributed by atoms with Crippen molar-refractivity contribution in [2.75, 3.05) is 0 Å². The van der Waals surface area contributed by atoms with Gasteiger partial charge in [0.15, 0.2) is 0 Å². The maximum Gasteiger partial charge on any atom is 0.459 e. The second-order valence-corrected chi connectivity index (χ2v) is 4.88. The normalized spacial score (nSPS) is 15.0. The van der Waals surface area contributed by atoms with E-state index in [1.165, 1.54) is 0 Å². The summed E-state index contributed by atoms with van der Waals surface area (Å²) >= 11 is 0. The number of oxime groups is 1. The Bertz CT molecular complexity index is 514. The van der Waals surface area contributed by atoms with Crippen molar-refractivity contribution in [1.29, 1.82) is 0 Å². The number of benzene rings is 1. The lowest BCUT2D eigenvalue weighted by Crippen LogP contribution is -2.55. The molecule has 1 aromatic carbocycles. The Kier molecular flexibility index (Phi) is 6.01. The van der Waals surface area contributed by atoms with Gasteiger partial charge in [-0.3, -0.25) is 0 Å². The van der Waals surface area contributed by atoms with Crippen LogP contribution in [0.3, 0.4) is 0 Å². The summed E-state index contributed by atoms with van der Waals surface area (Å²) in [7, 11) is 0. The van der Waals surface area contributed by atoms with Crippen LogP contribution in [0.15, 0.2) is 35.5 Å². The zero-order chi connectivity index (χ0) is 17.7. The summed E-state index contributed by atoms with van der Waals surface area (Å²) in [6, 6.07) is 8.62. The van der Waals surface area contributed by atoms with Crippen molar-refractivity contribution in [3.8, 4) is 0 Å². The summed E-state index contributed by atoms with van der Waals surface area (Å²) in [5, 5.41) is 3.28. The number of alkyl halides is 7. The summed E-state index contributed by atoms with van der Waals surface area (Å²) in [6.07, 6.45) is -6.38. The molecule has 2 nitrogen and oxygen atoms in total. The molecule has 9 heteroatoms. The first kappa shape index (κ1) is 19.2. The molecule has 0 aliphatic carbocycles. The van der Waals surface area contributed by atoms with Crippen molar-refractivity contribution in [1.82, 2.24) is 0 Å². The molecule has 0 aromatic heterocycles. The first-order valence-electron chi connectivity index (χ1n) is 6.50. The van der Waals surface area contributed by atoms with Gasteiger partial charge in [0, 0.05) is 12.1 Å². The maximum absolute atomic E-state index is 13.3. The lowest BCUT2D eigenvalue weighted by atomic mass is 9.94. The lowest BCUT2D eigenvalue weighted by molar-refractivity contribution is -0.364. The van der Waals surface area contributed by atoms with Gasteiger partial charge in [0.05, 0.1) is 0 Å². The monoisotopic (exact) mass is 345 g/mol. The van der Waals surface area contributed by atoms with E-state index in [9.17, 15) is 30.7 Å². The molecule has 0 amide bonds. The van der Waals surface area contributed by atoms with Gasteiger partial charge >= 0.3 is 18.0 Å². The summed E-state index contributed by atoms with van der Waals surface area (Å²) in [4.78, 5) is 4.75. The smallest absolute Gasteiger partial charge is 0.391 e. The van der Waals surface area contributed by atoms with Crippen molar-refractivity contribution in [2.45, 2.75) is 38.0 Å². The topological polar surface area (TPSA) is 21.6 Å². The second kappa shape index (κ2) is 7.18. The molecule has 1 atom stereocenters. The number of nitrogens with zero attached hydrogens (tertiary/aromatic N) is 1. The molecule has 0 N–H and O–H groups in total. The number of halogens is 7. The fraction of sp³-hybridized carbons (Fsp3) is 0.500. The predicted molar refractivity (Wildman–Crippen MR) is 69.5 cm³/mol. The van der Waals surface area contributed by atoms with Crippen LogP contribution in [-0.2, 0) is 11.4 Å².